The van der Waals surface area contributed by atoms with Gasteiger partial charge >= 0.3 is 0 Å². The third-order valence-electron chi connectivity index (χ3n) is 4.07. The molecule has 0 unspecified atom stereocenters. The number of anilines is 1. The van der Waals surface area contributed by atoms with Gasteiger partial charge in [0.1, 0.15) is 0 Å². The zero-order valence-corrected chi connectivity index (χ0v) is 9.33. The first-order chi connectivity index (χ1) is 6.82. The van der Waals surface area contributed by atoms with E-state index in [0.717, 1.165) is 5.69 Å². The third-order valence-corrected chi connectivity index (χ3v) is 5.13. The van der Waals surface area contributed by atoms with Crippen molar-refractivity contribution in [1.29, 1.82) is 0 Å². The number of nitrogens with two attached hydrogens (primary N) is 1. The minimum absolute atomic E-state index is 0.512. The molecule has 2 aliphatic carbocycles. The van der Waals surface area contributed by atoms with Crippen molar-refractivity contribution >= 4 is 17.0 Å². The average Bonchev–Trinajstić information content (AvgIpc) is 2.73. The van der Waals surface area contributed by atoms with Gasteiger partial charge in [0.2, 0.25) is 0 Å². The van der Waals surface area contributed by atoms with E-state index in [1.54, 1.807) is 10.4 Å². The molecule has 3 rings (SSSR count). The molecule has 1 spiro atoms. The zero-order valence-electron chi connectivity index (χ0n) is 8.51. The van der Waals surface area contributed by atoms with E-state index in [-0.39, 0.29) is 0 Å². The molecule has 1 aromatic rings. The van der Waals surface area contributed by atoms with Crippen LogP contribution in [0.1, 0.15) is 49.0 Å². The molecule has 0 aliphatic heterocycles. The molecule has 14 heavy (non-hydrogen) atoms. The van der Waals surface area contributed by atoms with Crippen molar-refractivity contribution in [3.8, 4) is 0 Å². The lowest BCUT2D eigenvalue weighted by atomic mass is 9.70. The van der Waals surface area contributed by atoms with Crippen LogP contribution in [0.2, 0.25) is 0 Å². The number of hydrogen-bond donors (Lipinski definition) is 1. The summed E-state index contributed by atoms with van der Waals surface area (Å²) >= 11 is 1.88. The molecule has 2 aliphatic rings. The van der Waals surface area contributed by atoms with E-state index >= 15 is 0 Å². The first-order valence-corrected chi connectivity index (χ1v) is 6.56. The number of hydrogen-bond acceptors (Lipinski definition) is 2. The molecule has 0 aromatic carbocycles. The molecule has 76 valence electrons. The van der Waals surface area contributed by atoms with Crippen LogP contribution in [0.15, 0.2) is 5.38 Å². The van der Waals surface area contributed by atoms with E-state index in [4.69, 9.17) is 5.73 Å². The summed E-state index contributed by atoms with van der Waals surface area (Å²) in [4.78, 5) is 1.59. The molecule has 1 aromatic heterocycles. The van der Waals surface area contributed by atoms with Crippen molar-refractivity contribution < 1.29 is 0 Å². The predicted octanol–water partition coefficient (Wildman–Crippen LogP) is 3.48. The lowest BCUT2D eigenvalue weighted by Gasteiger charge is -2.34. The van der Waals surface area contributed by atoms with E-state index in [2.05, 4.69) is 5.38 Å². The maximum atomic E-state index is 6.11. The van der Waals surface area contributed by atoms with Crippen LogP contribution in [0.5, 0.6) is 0 Å². The van der Waals surface area contributed by atoms with Crippen LogP contribution in [0.25, 0.3) is 0 Å². The van der Waals surface area contributed by atoms with Crippen LogP contribution in [-0.2, 0) is 11.8 Å². The molecule has 1 heterocycles. The first kappa shape index (κ1) is 8.78. The molecule has 1 fully saturated rings. The van der Waals surface area contributed by atoms with Gasteiger partial charge in [0.25, 0.3) is 0 Å². The largest absolute Gasteiger partial charge is 0.398 e. The van der Waals surface area contributed by atoms with Crippen molar-refractivity contribution in [3.05, 3.63) is 15.8 Å². The summed E-state index contributed by atoms with van der Waals surface area (Å²) in [6.45, 7) is 0. The number of fused-ring (bicyclic) bond motifs is 2. The number of thiophene rings is 1. The third kappa shape index (κ3) is 1.07. The lowest BCUT2D eigenvalue weighted by molar-refractivity contribution is 0.293. The normalized spacial score (nSPS) is 24.0. The Morgan fingerprint density at radius 3 is 2.71 bits per heavy atom. The topological polar surface area (TPSA) is 26.0 Å². The van der Waals surface area contributed by atoms with Gasteiger partial charge in [-0.2, -0.15) is 0 Å². The molecular weight excluding hydrogens is 190 g/mol. The molecule has 1 saturated carbocycles. The van der Waals surface area contributed by atoms with Crippen LogP contribution in [0.4, 0.5) is 5.69 Å². The Balaban J connectivity index is 2.05. The summed E-state index contributed by atoms with van der Waals surface area (Å²) < 4.78 is 0. The second kappa shape index (κ2) is 2.99. The average molecular weight is 207 g/mol. The van der Waals surface area contributed by atoms with Gasteiger partial charge in [0, 0.05) is 15.9 Å². The Labute approximate surface area is 89.3 Å². The van der Waals surface area contributed by atoms with Crippen molar-refractivity contribution in [3.63, 3.8) is 0 Å². The molecule has 0 saturated heterocycles. The lowest BCUT2D eigenvalue weighted by Crippen LogP contribution is -2.26. The zero-order chi connectivity index (χ0) is 9.60. The summed E-state index contributed by atoms with van der Waals surface area (Å²) in [6, 6.07) is 0. The Kier molecular flexibility index (Phi) is 1.88. The Bertz CT molecular complexity index is 347. The van der Waals surface area contributed by atoms with Crippen molar-refractivity contribution in [2.75, 3.05) is 5.73 Å². The Morgan fingerprint density at radius 2 is 1.93 bits per heavy atom. The maximum Gasteiger partial charge on any atom is 0.0463 e. The Morgan fingerprint density at radius 1 is 1.14 bits per heavy atom. The predicted molar refractivity (Wildman–Crippen MR) is 61.8 cm³/mol. The summed E-state index contributed by atoms with van der Waals surface area (Å²) in [5.41, 5.74) is 9.26. The van der Waals surface area contributed by atoms with E-state index < -0.39 is 0 Å². The molecule has 1 nitrogen and oxygen atoms in total. The number of nitrogen functional groups attached to an aromatic ring is 1. The molecule has 2 heteroatoms. The van der Waals surface area contributed by atoms with Crippen molar-refractivity contribution in [1.82, 2.24) is 0 Å². The van der Waals surface area contributed by atoms with E-state index in [1.165, 1.54) is 44.9 Å². The highest BCUT2D eigenvalue weighted by molar-refractivity contribution is 7.10. The van der Waals surface area contributed by atoms with Gasteiger partial charge in [-0.05, 0) is 36.7 Å². The fourth-order valence-electron chi connectivity index (χ4n) is 3.41. The fraction of sp³-hybridized carbons (Fsp3) is 0.667. The van der Waals surface area contributed by atoms with Crippen LogP contribution >= 0.6 is 11.3 Å². The Hall–Kier alpha value is -0.500. The van der Waals surface area contributed by atoms with Crippen LogP contribution in [-0.4, -0.2) is 0 Å². The summed E-state index contributed by atoms with van der Waals surface area (Å²) in [5.74, 6) is 0. The molecule has 0 radical (unpaired) electrons. The molecule has 2 N–H and O–H groups in total. The smallest absolute Gasteiger partial charge is 0.0463 e. The molecule has 0 bridgehead atoms. The van der Waals surface area contributed by atoms with Gasteiger partial charge in [0.05, 0.1) is 0 Å². The molecular formula is C12H17NS. The second-order valence-electron chi connectivity index (χ2n) is 4.83. The maximum absolute atomic E-state index is 6.11. The first-order valence-electron chi connectivity index (χ1n) is 5.68. The van der Waals surface area contributed by atoms with Crippen LogP contribution in [0.3, 0.4) is 0 Å². The molecule has 0 atom stereocenters. The number of aryl methyl sites for hydroxylation is 1. The highest BCUT2D eigenvalue weighted by Crippen LogP contribution is 2.52. The quantitative estimate of drug-likeness (QED) is 0.692. The van der Waals surface area contributed by atoms with Crippen LogP contribution in [0, 0.1) is 0 Å². The van der Waals surface area contributed by atoms with Gasteiger partial charge in [-0.15, -0.1) is 11.3 Å². The molecule has 0 amide bonds. The second-order valence-corrected chi connectivity index (χ2v) is 5.79. The summed E-state index contributed by atoms with van der Waals surface area (Å²) in [6.07, 6.45) is 9.70. The monoisotopic (exact) mass is 207 g/mol. The van der Waals surface area contributed by atoms with Crippen molar-refractivity contribution in [2.24, 2.45) is 0 Å². The van der Waals surface area contributed by atoms with Gasteiger partial charge in [-0.3, -0.25) is 0 Å². The SMILES string of the molecule is Nc1csc2c1C1(CCCCC1)CC2. The highest BCUT2D eigenvalue weighted by Gasteiger charge is 2.41. The minimum Gasteiger partial charge on any atom is -0.398 e. The number of rotatable bonds is 0. The van der Waals surface area contributed by atoms with Gasteiger partial charge in [-0.25, -0.2) is 0 Å². The summed E-state index contributed by atoms with van der Waals surface area (Å²) in [5, 5.41) is 2.15. The highest BCUT2D eigenvalue weighted by atomic mass is 32.1. The van der Waals surface area contributed by atoms with E-state index in [9.17, 15) is 0 Å². The summed E-state index contributed by atoms with van der Waals surface area (Å²) in [7, 11) is 0. The van der Waals surface area contributed by atoms with Gasteiger partial charge in [0.15, 0.2) is 0 Å². The van der Waals surface area contributed by atoms with E-state index in [1.807, 2.05) is 11.3 Å². The van der Waals surface area contributed by atoms with Crippen molar-refractivity contribution in [2.45, 2.75) is 50.4 Å². The standard InChI is InChI=1S/C12H17NS/c13-9-8-14-10-4-7-12(11(9)10)5-2-1-3-6-12/h8H,1-7,13H2. The van der Waals surface area contributed by atoms with Gasteiger partial charge in [-0.1, -0.05) is 19.3 Å². The fourth-order valence-corrected chi connectivity index (χ4v) is 4.46. The van der Waals surface area contributed by atoms with Crippen LogP contribution < -0.4 is 5.73 Å². The minimum atomic E-state index is 0.512. The van der Waals surface area contributed by atoms with E-state index in [0.29, 0.717) is 5.41 Å². The van der Waals surface area contributed by atoms with Gasteiger partial charge < -0.3 is 5.73 Å².